The predicted octanol–water partition coefficient (Wildman–Crippen LogP) is 0.766. The van der Waals surface area contributed by atoms with Crippen molar-refractivity contribution in [3.8, 4) is 0 Å². The van der Waals surface area contributed by atoms with Gasteiger partial charge in [0.15, 0.2) is 0 Å². The summed E-state index contributed by atoms with van der Waals surface area (Å²) < 4.78 is 8.36. The van der Waals surface area contributed by atoms with Crippen LogP contribution in [-0.4, -0.2) is 24.7 Å². The van der Waals surface area contributed by atoms with Gasteiger partial charge in [-0.2, -0.15) is 0 Å². The second kappa shape index (κ2) is 47.7. The van der Waals surface area contributed by atoms with Gasteiger partial charge in [-0.3, -0.25) is 0 Å². The Hall–Kier alpha value is 1.55. The number of halogens is 3. The van der Waals surface area contributed by atoms with E-state index < -0.39 is 0 Å². The average Bonchev–Trinajstić information content (AvgIpc) is 1.00. The molecule has 0 aliphatic heterocycles. The van der Waals surface area contributed by atoms with Crippen LogP contribution in [-0.2, 0) is 2.81 Å². The minimum absolute atomic E-state index is 0. The molecule has 0 bridgehead atoms. The van der Waals surface area contributed by atoms with Crippen LogP contribution in [0.5, 0.6) is 0 Å². The van der Waals surface area contributed by atoms with E-state index in [1.165, 1.54) is 0 Å². The number of hydrogen-bond donors (Lipinski definition) is 0. The van der Waals surface area contributed by atoms with Crippen molar-refractivity contribution >= 4 is 61.9 Å². The van der Waals surface area contributed by atoms with Gasteiger partial charge in [-0.15, -0.1) is 37.2 Å². The predicted molar refractivity (Wildman–Crippen MR) is 28.2 cm³/mol. The van der Waals surface area contributed by atoms with Gasteiger partial charge >= 0.3 is 27.5 Å². The molecular formula is H3BiCl3O. The zero-order valence-corrected chi connectivity index (χ0v) is 8.01. The third kappa shape index (κ3) is 29.1. The molecule has 0 aromatic heterocycles. The standard InChI is InChI=1S/Bi.3ClH.O/h;3*1H;. The summed E-state index contributed by atoms with van der Waals surface area (Å²) in [6.45, 7) is 0. The molecular weight excluding hydrogens is 331 g/mol. The van der Waals surface area contributed by atoms with E-state index in [1.54, 1.807) is 0 Å². The molecule has 0 heterocycles. The van der Waals surface area contributed by atoms with E-state index in [9.17, 15) is 0 Å². The van der Waals surface area contributed by atoms with Crippen molar-refractivity contribution in [2.75, 3.05) is 0 Å². The maximum absolute atomic E-state index is 8.36. The van der Waals surface area contributed by atoms with Crippen LogP contribution < -0.4 is 0 Å². The van der Waals surface area contributed by atoms with Crippen LogP contribution in [0.2, 0.25) is 0 Å². The molecule has 0 unspecified atom stereocenters. The first-order valence-corrected chi connectivity index (χ1v) is 1.60. The van der Waals surface area contributed by atoms with Crippen LogP contribution in [0.25, 0.3) is 0 Å². The Morgan fingerprint density at radius 2 is 0.800 bits per heavy atom. The first kappa shape index (κ1) is 31.0. The second-order valence-corrected chi connectivity index (χ2v) is 0. The zero-order chi connectivity index (χ0) is 2.00. The van der Waals surface area contributed by atoms with E-state index in [4.69, 9.17) is 2.81 Å². The van der Waals surface area contributed by atoms with Gasteiger partial charge in [-0.05, 0) is 0 Å². The summed E-state index contributed by atoms with van der Waals surface area (Å²) in [4.78, 5) is 0. The monoisotopic (exact) mass is 333 g/mol. The van der Waals surface area contributed by atoms with Gasteiger partial charge in [-0.1, -0.05) is 0 Å². The van der Waals surface area contributed by atoms with Gasteiger partial charge in [0.1, 0.15) is 0 Å². The fourth-order valence-corrected chi connectivity index (χ4v) is 0. The molecule has 0 saturated heterocycles. The minimum atomic E-state index is 0. The summed E-state index contributed by atoms with van der Waals surface area (Å²) in [5, 5.41) is 0. The molecule has 0 N–H and O–H groups in total. The topological polar surface area (TPSA) is 17.1 Å². The Morgan fingerprint density at radius 3 is 0.800 bits per heavy atom. The van der Waals surface area contributed by atoms with Crippen molar-refractivity contribution in [2.45, 2.75) is 0 Å². The van der Waals surface area contributed by atoms with Crippen molar-refractivity contribution in [1.29, 1.82) is 0 Å². The Balaban J connectivity index is -0.00000000167. The average molecular weight is 334 g/mol. The molecule has 0 aromatic carbocycles. The van der Waals surface area contributed by atoms with Gasteiger partial charge in [-0.25, -0.2) is 0 Å². The van der Waals surface area contributed by atoms with E-state index in [0.717, 1.165) is 0 Å². The summed E-state index contributed by atoms with van der Waals surface area (Å²) in [6.07, 6.45) is 0. The molecule has 0 amide bonds. The summed E-state index contributed by atoms with van der Waals surface area (Å²) >= 11 is 0.194. The molecule has 0 spiro atoms. The Kier molecular flexibility index (Phi) is 296. The molecule has 0 saturated carbocycles. The summed E-state index contributed by atoms with van der Waals surface area (Å²) in [5.41, 5.74) is 0. The fraction of sp³-hybridized carbons (Fsp3) is 0. The van der Waals surface area contributed by atoms with Crippen molar-refractivity contribution in [3.63, 3.8) is 0 Å². The van der Waals surface area contributed by atoms with E-state index in [2.05, 4.69) is 0 Å². The molecule has 0 atom stereocenters. The maximum atomic E-state index is 8.36. The van der Waals surface area contributed by atoms with Crippen molar-refractivity contribution in [2.24, 2.45) is 0 Å². The molecule has 0 aliphatic rings. The second-order valence-electron chi connectivity index (χ2n) is 0. The molecule has 0 rings (SSSR count). The zero-order valence-electron chi connectivity index (χ0n) is 2.08. The van der Waals surface area contributed by atoms with Gasteiger partial charge in [0, 0.05) is 0 Å². The summed E-state index contributed by atoms with van der Waals surface area (Å²) in [6, 6.07) is 0. The van der Waals surface area contributed by atoms with Gasteiger partial charge in [0.2, 0.25) is 0 Å². The number of hydrogen-bond acceptors (Lipinski definition) is 1. The Morgan fingerprint density at radius 1 is 0.800 bits per heavy atom. The SMILES string of the molecule is Cl.Cl.Cl.[O]=[Bi]. The Bertz CT molecular complexity index is 6.85. The van der Waals surface area contributed by atoms with Crippen LogP contribution in [0.4, 0.5) is 0 Å². The summed E-state index contributed by atoms with van der Waals surface area (Å²) in [5.74, 6) is 0. The molecule has 0 aliphatic carbocycles. The van der Waals surface area contributed by atoms with E-state index in [-0.39, 0.29) is 61.9 Å². The fourth-order valence-electron chi connectivity index (χ4n) is 0. The Labute approximate surface area is 64.4 Å². The van der Waals surface area contributed by atoms with Gasteiger partial charge in [0.25, 0.3) is 0 Å². The third-order valence-corrected chi connectivity index (χ3v) is 0. The van der Waals surface area contributed by atoms with E-state index in [0.29, 0.717) is 0 Å². The van der Waals surface area contributed by atoms with Crippen molar-refractivity contribution < 1.29 is 2.81 Å². The van der Waals surface area contributed by atoms with Crippen molar-refractivity contribution in [3.05, 3.63) is 0 Å². The first-order chi connectivity index (χ1) is 1.00. The number of rotatable bonds is 0. The van der Waals surface area contributed by atoms with Crippen LogP contribution in [0, 0.1) is 0 Å². The van der Waals surface area contributed by atoms with Crippen LogP contribution in [0.15, 0.2) is 0 Å². The van der Waals surface area contributed by atoms with Crippen LogP contribution in [0.1, 0.15) is 0 Å². The van der Waals surface area contributed by atoms with Crippen LogP contribution >= 0.6 is 37.2 Å². The molecule has 5 heavy (non-hydrogen) atoms. The van der Waals surface area contributed by atoms with Crippen LogP contribution in [0.3, 0.4) is 0 Å². The molecule has 1 radical (unpaired) electrons. The normalized spacial score (nSPS) is 0.800. The van der Waals surface area contributed by atoms with E-state index >= 15 is 0 Å². The van der Waals surface area contributed by atoms with Crippen molar-refractivity contribution in [1.82, 2.24) is 0 Å². The molecule has 5 heteroatoms. The quantitative estimate of drug-likeness (QED) is 0.598. The third-order valence-electron chi connectivity index (χ3n) is 0. The van der Waals surface area contributed by atoms with Gasteiger partial charge < -0.3 is 0 Å². The molecule has 35 valence electrons. The molecule has 0 fully saturated rings. The van der Waals surface area contributed by atoms with Gasteiger partial charge in [0.05, 0.1) is 0 Å². The first-order valence-electron chi connectivity index (χ1n) is 0.183. The molecule has 1 nitrogen and oxygen atoms in total. The summed E-state index contributed by atoms with van der Waals surface area (Å²) in [7, 11) is 0. The molecule has 0 aromatic rings. The van der Waals surface area contributed by atoms with E-state index in [1.807, 2.05) is 0 Å².